The van der Waals surface area contributed by atoms with Crippen molar-refractivity contribution in [1.29, 1.82) is 0 Å². The molecule has 172 valence electrons. The number of halogens is 2. The molecule has 1 aromatic carbocycles. The number of rotatable bonds is 5. The third kappa shape index (κ3) is 4.96. The molecule has 1 fully saturated rings. The van der Waals surface area contributed by atoms with Gasteiger partial charge in [0.2, 0.25) is 5.88 Å². The zero-order valence-corrected chi connectivity index (χ0v) is 19.8. The van der Waals surface area contributed by atoms with Crippen LogP contribution in [0.3, 0.4) is 0 Å². The highest BCUT2D eigenvalue weighted by Crippen LogP contribution is 2.26. The third-order valence-electron chi connectivity index (χ3n) is 5.21. The molecule has 3 aromatic rings. The largest absolute Gasteiger partial charge is 0.474 e. The Balaban J connectivity index is 1.45. The second-order valence-electron chi connectivity index (χ2n) is 7.85. The average molecular weight is 488 g/mol. The smallest absolute Gasteiger partial charge is 0.292 e. The van der Waals surface area contributed by atoms with Crippen LogP contribution in [0.2, 0.25) is 10.0 Å². The molecular formula is C23H23Cl2N5O3. The third-order valence-corrected chi connectivity index (χ3v) is 5.84. The molecular weight excluding hydrogens is 465 g/mol. The minimum Gasteiger partial charge on any atom is -0.474 e. The maximum Gasteiger partial charge on any atom is 0.292 e. The molecule has 2 aromatic heterocycles. The van der Waals surface area contributed by atoms with Gasteiger partial charge in [0.1, 0.15) is 10.0 Å². The van der Waals surface area contributed by atoms with Crippen molar-refractivity contribution in [3.63, 3.8) is 0 Å². The molecule has 10 heteroatoms. The van der Waals surface area contributed by atoms with Gasteiger partial charge in [0.25, 0.3) is 11.5 Å². The number of hydrogen-bond acceptors (Lipinski definition) is 6. The second-order valence-corrected chi connectivity index (χ2v) is 8.64. The number of para-hydroxylation sites is 1. The zero-order valence-electron chi connectivity index (χ0n) is 18.2. The normalized spacial score (nSPS) is 14.0. The topological polar surface area (TPSA) is 80.6 Å². The van der Waals surface area contributed by atoms with Crippen LogP contribution in [0.15, 0.2) is 53.6 Å². The van der Waals surface area contributed by atoms with Crippen LogP contribution in [-0.2, 0) is 0 Å². The number of hydrogen-bond donors (Lipinski definition) is 0. The molecule has 0 aliphatic carbocycles. The summed E-state index contributed by atoms with van der Waals surface area (Å²) in [6.07, 6.45) is 2.99. The van der Waals surface area contributed by atoms with Gasteiger partial charge >= 0.3 is 0 Å². The first kappa shape index (κ1) is 23.1. The zero-order chi connectivity index (χ0) is 23.5. The highest BCUT2D eigenvalue weighted by atomic mass is 35.5. The second kappa shape index (κ2) is 9.80. The Morgan fingerprint density at radius 1 is 1.06 bits per heavy atom. The van der Waals surface area contributed by atoms with Gasteiger partial charge in [-0.25, -0.2) is 4.98 Å². The van der Waals surface area contributed by atoms with Crippen molar-refractivity contribution in [2.45, 2.75) is 20.0 Å². The van der Waals surface area contributed by atoms with E-state index in [9.17, 15) is 9.59 Å². The Morgan fingerprint density at radius 2 is 1.76 bits per heavy atom. The molecule has 33 heavy (non-hydrogen) atoms. The molecule has 0 radical (unpaired) electrons. The lowest BCUT2D eigenvalue weighted by molar-refractivity contribution is 0.0746. The summed E-state index contributed by atoms with van der Waals surface area (Å²) >= 11 is 12.6. The molecule has 0 unspecified atom stereocenters. The SMILES string of the molecule is CC(C)Oc1ncc(C(=O)N2CCN(c3cnn(-c4ccccc4)c(=O)c3Cl)CC2)cc1Cl. The summed E-state index contributed by atoms with van der Waals surface area (Å²) in [5.41, 5.74) is 1.21. The van der Waals surface area contributed by atoms with Crippen LogP contribution in [0.1, 0.15) is 24.2 Å². The highest BCUT2D eigenvalue weighted by molar-refractivity contribution is 6.33. The summed E-state index contributed by atoms with van der Waals surface area (Å²) in [5, 5.41) is 4.69. The van der Waals surface area contributed by atoms with Gasteiger partial charge in [0, 0.05) is 32.4 Å². The number of anilines is 1. The summed E-state index contributed by atoms with van der Waals surface area (Å²) in [6, 6.07) is 10.7. The van der Waals surface area contributed by atoms with E-state index in [0.29, 0.717) is 54.0 Å². The maximum atomic E-state index is 12.9. The number of aromatic nitrogens is 3. The van der Waals surface area contributed by atoms with Crippen LogP contribution in [0.5, 0.6) is 5.88 Å². The molecule has 0 atom stereocenters. The standard InChI is InChI=1S/C23H23Cl2N5O3/c1-15(2)33-21-18(24)12-16(13-26-21)22(31)29-10-8-28(9-11-29)19-14-27-30(23(32)20(19)25)17-6-4-3-5-7-17/h3-7,12-15H,8-11H2,1-2H3. The summed E-state index contributed by atoms with van der Waals surface area (Å²) in [5.74, 6) is 0.143. The van der Waals surface area contributed by atoms with Crippen LogP contribution in [0.4, 0.5) is 5.69 Å². The number of ether oxygens (including phenoxy) is 1. The van der Waals surface area contributed by atoms with Crippen molar-refractivity contribution in [2.75, 3.05) is 31.1 Å². The van der Waals surface area contributed by atoms with Gasteiger partial charge in [0.15, 0.2) is 0 Å². The highest BCUT2D eigenvalue weighted by Gasteiger charge is 2.25. The number of carbonyl (C=O) groups excluding carboxylic acids is 1. The lowest BCUT2D eigenvalue weighted by Gasteiger charge is -2.36. The lowest BCUT2D eigenvalue weighted by atomic mass is 10.2. The summed E-state index contributed by atoms with van der Waals surface area (Å²) in [4.78, 5) is 33.5. The van der Waals surface area contributed by atoms with E-state index >= 15 is 0 Å². The van der Waals surface area contributed by atoms with Crippen molar-refractivity contribution >= 4 is 34.8 Å². The fraction of sp³-hybridized carbons (Fsp3) is 0.304. The fourth-order valence-corrected chi connectivity index (χ4v) is 4.04. The van der Waals surface area contributed by atoms with E-state index in [0.717, 1.165) is 0 Å². The van der Waals surface area contributed by atoms with Gasteiger partial charge in [-0.1, -0.05) is 41.4 Å². The Kier molecular flexibility index (Phi) is 6.85. The van der Waals surface area contributed by atoms with Crippen molar-refractivity contribution < 1.29 is 9.53 Å². The molecule has 3 heterocycles. The van der Waals surface area contributed by atoms with Crippen LogP contribution in [0.25, 0.3) is 5.69 Å². The van der Waals surface area contributed by atoms with Crippen molar-refractivity contribution in [3.05, 3.63) is 74.8 Å². The number of carbonyl (C=O) groups is 1. The predicted molar refractivity (Wildman–Crippen MR) is 128 cm³/mol. The predicted octanol–water partition coefficient (Wildman–Crippen LogP) is 3.68. The maximum absolute atomic E-state index is 12.9. The van der Waals surface area contributed by atoms with E-state index in [4.69, 9.17) is 27.9 Å². The summed E-state index contributed by atoms with van der Waals surface area (Å²) < 4.78 is 6.80. The quantitative estimate of drug-likeness (QED) is 0.545. The minimum atomic E-state index is -0.386. The van der Waals surface area contributed by atoms with E-state index in [1.807, 2.05) is 36.9 Å². The first-order valence-electron chi connectivity index (χ1n) is 10.5. The van der Waals surface area contributed by atoms with Gasteiger partial charge in [-0.05, 0) is 32.0 Å². The summed E-state index contributed by atoms with van der Waals surface area (Å²) in [7, 11) is 0. The monoisotopic (exact) mass is 487 g/mol. The molecule has 0 N–H and O–H groups in total. The molecule has 0 spiro atoms. The first-order chi connectivity index (χ1) is 15.8. The van der Waals surface area contributed by atoms with Gasteiger partial charge in [-0.2, -0.15) is 9.78 Å². The molecule has 1 amide bonds. The molecule has 1 aliphatic heterocycles. The minimum absolute atomic E-state index is 0.0688. The number of amides is 1. The fourth-order valence-electron chi connectivity index (χ4n) is 3.58. The van der Waals surface area contributed by atoms with Crippen molar-refractivity contribution in [2.24, 2.45) is 0 Å². The molecule has 1 saturated heterocycles. The molecule has 4 rings (SSSR count). The van der Waals surface area contributed by atoms with Crippen molar-refractivity contribution in [1.82, 2.24) is 19.7 Å². The Hall–Kier alpha value is -3.10. The van der Waals surface area contributed by atoms with Gasteiger partial charge < -0.3 is 14.5 Å². The first-order valence-corrected chi connectivity index (χ1v) is 11.3. The van der Waals surface area contributed by atoms with Crippen LogP contribution in [-0.4, -0.2) is 57.9 Å². The molecule has 1 aliphatic rings. The number of nitrogens with zero attached hydrogens (tertiary/aromatic N) is 5. The van der Waals surface area contributed by atoms with Crippen LogP contribution in [0, 0.1) is 0 Å². The van der Waals surface area contributed by atoms with Crippen molar-refractivity contribution in [3.8, 4) is 11.6 Å². The number of piperazine rings is 1. The molecule has 0 saturated carbocycles. The van der Waals surface area contributed by atoms with Crippen LogP contribution >= 0.6 is 23.2 Å². The summed E-state index contributed by atoms with van der Waals surface area (Å²) in [6.45, 7) is 5.69. The van der Waals surface area contributed by atoms with Gasteiger partial charge in [0.05, 0.1) is 29.2 Å². The van der Waals surface area contributed by atoms with Gasteiger partial charge in [-0.15, -0.1) is 0 Å². The Morgan fingerprint density at radius 3 is 2.39 bits per heavy atom. The molecule has 8 nitrogen and oxygen atoms in total. The average Bonchev–Trinajstić information content (AvgIpc) is 2.82. The van der Waals surface area contributed by atoms with E-state index < -0.39 is 0 Å². The van der Waals surface area contributed by atoms with Crippen LogP contribution < -0.4 is 15.2 Å². The Bertz CT molecular complexity index is 1210. The van der Waals surface area contributed by atoms with E-state index in [1.54, 1.807) is 29.3 Å². The van der Waals surface area contributed by atoms with Gasteiger partial charge in [-0.3, -0.25) is 9.59 Å². The lowest BCUT2D eigenvalue weighted by Crippen LogP contribution is -2.49. The van der Waals surface area contributed by atoms with E-state index in [1.165, 1.54) is 10.9 Å². The van der Waals surface area contributed by atoms with E-state index in [-0.39, 0.29) is 22.6 Å². The Labute approximate surface area is 201 Å². The van der Waals surface area contributed by atoms with E-state index in [2.05, 4.69) is 10.1 Å². The number of benzene rings is 1. The number of pyridine rings is 1. The molecule has 0 bridgehead atoms.